The fourth-order valence-electron chi connectivity index (χ4n) is 3.48. The fraction of sp³-hybridized carbons (Fsp3) is 0.0800. The number of nitrogens with zero attached hydrogens (tertiary/aromatic N) is 4. The largest absolute Gasteiger partial charge is 0.493 e. The van der Waals surface area contributed by atoms with Crippen molar-refractivity contribution in [2.24, 2.45) is 10.1 Å². The van der Waals surface area contributed by atoms with E-state index in [9.17, 15) is 13.2 Å². The summed E-state index contributed by atoms with van der Waals surface area (Å²) >= 11 is 1.18. The molecule has 3 heterocycles. The minimum atomic E-state index is -4.09. The first-order chi connectivity index (χ1) is 17.7. The van der Waals surface area contributed by atoms with Crippen molar-refractivity contribution in [3.8, 4) is 11.5 Å². The SMILES string of the molecule is COc1cc(C=C2C(=N)N3N=C(c4cccnc4)SC3=NC2=O)ccc1OS(=O)(=O)c1ccc(C)cc1. The Morgan fingerprint density at radius 1 is 1.08 bits per heavy atom. The highest BCUT2D eigenvalue weighted by Gasteiger charge is 2.36. The van der Waals surface area contributed by atoms with Gasteiger partial charge in [-0.3, -0.25) is 15.2 Å². The molecule has 0 atom stereocenters. The van der Waals surface area contributed by atoms with Crippen molar-refractivity contribution in [1.29, 1.82) is 5.41 Å². The number of amides is 1. The molecule has 0 radical (unpaired) electrons. The molecule has 1 N–H and O–H groups in total. The van der Waals surface area contributed by atoms with Gasteiger partial charge in [-0.25, -0.2) is 0 Å². The minimum absolute atomic E-state index is 0.0101. The number of carbonyl (C=O) groups is 1. The van der Waals surface area contributed by atoms with Gasteiger partial charge in [-0.05, 0) is 66.7 Å². The van der Waals surface area contributed by atoms with Crippen LogP contribution in [-0.4, -0.2) is 47.5 Å². The van der Waals surface area contributed by atoms with Crippen molar-refractivity contribution in [3.63, 3.8) is 0 Å². The smallest absolute Gasteiger partial charge is 0.339 e. The topological polar surface area (TPSA) is 134 Å². The van der Waals surface area contributed by atoms with Crippen molar-refractivity contribution >= 4 is 49.9 Å². The molecule has 2 aliphatic heterocycles. The van der Waals surface area contributed by atoms with E-state index in [0.717, 1.165) is 11.1 Å². The van der Waals surface area contributed by atoms with Crippen molar-refractivity contribution in [3.05, 3.63) is 89.3 Å². The molecule has 2 aliphatic rings. The summed E-state index contributed by atoms with van der Waals surface area (Å²) in [5.41, 5.74) is 2.16. The molecule has 3 aromatic rings. The van der Waals surface area contributed by atoms with Crippen molar-refractivity contribution in [2.75, 3.05) is 7.11 Å². The highest BCUT2D eigenvalue weighted by Crippen LogP contribution is 2.34. The lowest BCUT2D eigenvalue weighted by molar-refractivity contribution is -0.114. The molecule has 5 rings (SSSR count). The molecular weight excluding hydrogens is 514 g/mol. The molecule has 0 saturated heterocycles. The Kier molecular flexibility index (Phi) is 6.36. The van der Waals surface area contributed by atoms with Gasteiger partial charge in [-0.1, -0.05) is 23.8 Å². The van der Waals surface area contributed by atoms with Crippen LogP contribution in [0.1, 0.15) is 16.7 Å². The van der Waals surface area contributed by atoms with Gasteiger partial charge in [-0.15, -0.1) is 0 Å². The van der Waals surface area contributed by atoms with Crippen LogP contribution in [0.2, 0.25) is 0 Å². The van der Waals surface area contributed by atoms with Gasteiger partial charge in [0.1, 0.15) is 9.94 Å². The van der Waals surface area contributed by atoms with Gasteiger partial charge in [-0.2, -0.15) is 23.5 Å². The molecule has 1 aromatic heterocycles. The number of hydrogen-bond acceptors (Lipinski definition) is 9. The number of aliphatic imine (C=N–C) groups is 1. The summed E-state index contributed by atoms with van der Waals surface area (Å²) in [6, 6.07) is 14.4. The zero-order valence-corrected chi connectivity index (χ0v) is 21.2. The van der Waals surface area contributed by atoms with E-state index in [1.165, 1.54) is 54.2 Å². The molecule has 0 bridgehead atoms. The third-order valence-electron chi connectivity index (χ3n) is 5.37. The van der Waals surface area contributed by atoms with Gasteiger partial charge in [0.15, 0.2) is 17.3 Å². The Hall–Kier alpha value is -4.29. The van der Waals surface area contributed by atoms with Crippen LogP contribution in [0.5, 0.6) is 11.5 Å². The number of methoxy groups -OCH3 is 1. The third-order valence-corrected chi connectivity index (χ3v) is 7.58. The van der Waals surface area contributed by atoms with Crippen LogP contribution < -0.4 is 8.92 Å². The molecule has 0 aliphatic carbocycles. The Balaban J connectivity index is 1.42. The van der Waals surface area contributed by atoms with Gasteiger partial charge < -0.3 is 8.92 Å². The number of aromatic nitrogens is 1. The number of hydrogen-bond donors (Lipinski definition) is 1. The number of carbonyl (C=O) groups excluding carboxylic acids is 1. The van der Waals surface area contributed by atoms with Gasteiger partial charge in [0.05, 0.1) is 12.7 Å². The Morgan fingerprint density at radius 3 is 2.57 bits per heavy atom. The molecule has 12 heteroatoms. The summed E-state index contributed by atoms with van der Waals surface area (Å²) in [7, 11) is -2.71. The first kappa shape index (κ1) is 24.4. The van der Waals surface area contributed by atoms with Crippen LogP contribution in [0.3, 0.4) is 0 Å². The maximum atomic E-state index is 12.7. The average Bonchev–Trinajstić information content (AvgIpc) is 3.32. The predicted molar refractivity (Wildman–Crippen MR) is 140 cm³/mol. The van der Waals surface area contributed by atoms with Crippen LogP contribution in [0, 0.1) is 12.3 Å². The number of hydrazone groups is 1. The Morgan fingerprint density at radius 2 is 1.86 bits per heavy atom. The minimum Gasteiger partial charge on any atom is -0.493 e. The Bertz CT molecular complexity index is 1610. The molecule has 1 amide bonds. The summed E-state index contributed by atoms with van der Waals surface area (Å²) in [4.78, 5) is 20.9. The second-order valence-electron chi connectivity index (χ2n) is 7.93. The predicted octanol–water partition coefficient (Wildman–Crippen LogP) is 3.83. The highest BCUT2D eigenvalue weighted by atomic mass is 32.2. The van der Waals surface area contributed by atoms with E-state index in [1.807, 2.05) is 13.0 Å². The molecule has 2 aromatic carbocycles. The van der Waals surface area contributed by atoms with Gasteiger partial charge in [0.25, 0.3) is 5.91 Å². The van der Waals surface area contributed by atoms with E-state index in [-0.39, 0.29) is 33.0 Å². The average molecular weight is 534 g/mol. The van der Waals surface area contributed by atoms with E-state index in [0.29, 0.717) is 10.6 Å². The van der Waals surface area contributed by atoms with Gasteiger partial charge >= 0.3 is 10.1 Å². The normalized spacial score (nSPS) is 16.4. The summed E-state index contributed by atoms with van der Waals surface area (Å²) in [5, 5.41) is 15.1. The second-order valence-corrected chi connectivity index (χ2v) is 10.4. The number of rotatable bonds is 6. The van der Waals surface area contributed by atoms with E-state index in [2.05, 4.69) is 15.1 Å². The number of ether oxygens (including phenoxy) is 1. The molecule has 37 heavy (non-hydrogen) atoms. The third kappa shape index (κ3) is 4.88. The Labute approximate surface area is 217 Å². The molecule has 0 saturated carbocycles. The van der Waals surface area contributed by atoms with Crippen LogP contribution in [0.25, 0.3) is 6.08 Å². The number of nitrogens with one attached hydrogen (secondary N) is 1. The van der Waals surface area contributed by atoms with Crippen LogP contribution in [0.15, 0.2) is 87.6 Å². The molecule has 0 spiro atoms. The zero-order valence-electron chi connectivity index (χ0n) is 19.6. The van der Waals surface area contributed by atoms with Crippen molar-refractivity contribution in [1.82, 2.24) is 9.99 Å². The monoisotopic (exact) mass is 533 g/mol. The number of fused-ring (bicyclic) bond motifs is 1. The number of benzene rings is 2. The summed E-state index contributed by atoms with van der Waals surface area (Å²) < 4.78 is 36.1. The van der Waals surface area contributed by atoms with Crippen LogP contribution in [0.4, 0.5) is 0 Å². The van der Waals surface area contributed by atoms with Crippen LogP contribution >= 0.6 is 11.8 Å². The zero-order chi connectivity index (χ0) is 26.2. The number of pyridine rings is 1. The number of aryl methyl sites for hydroxylation is 1. The lowest BCUT2D eigenvalue weighted by atomic mass is 10.1. The molecule has 0 fully saturated rings. The first-order valence-electron chi connectivity index (χ1n) is 10.8. The van der Waals surface area contributed by atoms with Crippen LogP contribution in [-0.2, 0) is 14.9 Å². The molecule has 0 unspecified atom stereocenters. The second kappa shape index (κ2) is 9.64. The van der Waals surface area contributed by atoms with Gasteiger partial charge in [0.2, 0.25) is 5.17 Å². The number of amidine groups is 2. The molecule has 186 valence electrons. The van der Waals surface area contributed by atoms with E-state index in [1.54, 1.807) is 36.7 Å². The summed E-state index contributed by atoms with van der Waals surface area (Å²) in [6.45, 7) is 1.85. The maximum absolute atomic E-state index is 12.7. The fourth-order valence-corrected chi connectivity index (χ4v) is 5.30. The number of thioether (sulfide) groups is 1. The maximum Gasteiger partial charge on any atom is 0.339 e. The molecule has 10 nitrogen and oxygen atoms in total. The summed E-state index contributed by atoms with van der Waals surface area (Å²) in [5.74, 6) is -0.606. The quantitative estimate of drug-likeness (QED) is 0.373. The van der Waals surface area contributed by atoms with Crippen molar-refractivity contribution in [2.45, 2.75) is 11.8 Å². The lowest BCUT2D eigenvalue weighted by Gasteiger charge is -2.20. The van der Waals surface area contributed by atoms with Gasteiger partial charge in [0, 0.05) is 18.0 Å². The van der Waals surface area contributed by atoms with E-state index < -0.39 is 16.0 Å². The highest BCUT2D eigenvalue weighted by molar-refractivity contribution is 8.27. The molecular formula is C25H19N5O5S2. The van der Waals surface area contributed by atoms with E-state index >= 15 is 0 Å². The lowest BCUT2D eigenvalue weighted by Crippen LogP contribution is -2.35. The summed E-state index contributed by atoms with van der Waals surface area (Å²) in [6.07, 6.45) is 4.75. The standard InChI is InChI=1S/C25H19N5O5S2/c1-15-5-8-18(9-6-15)37(32,33)35-20-10-7-16(13-21(20)34-2)12-19-22(26)30-25(28-23(19)31)36-24(29-30)17-4-3-11-27-14-17/h3-14,26H,1-2H3. The van der Waals surface area contributed by atoms with E-state index in [4.69, 9.17) is 14.3 Å². The van der Waals surface area contributed by atoms with Crippen molar-refractivity contribution < 1.29 is 22.1 Å². The first-order valence-corrected chi connectivity index (χ1v) is 13.1.